The van der Waals surface area contributed by atoms with Gasteiger partial charge in [-0.3, -0.25) is 4.79 Å². The number of carbonyl (C=O) groups excluding carboxylic acids is 1. The smallest absolute Gasteiger partial charge is 0.240 e. The normalized spacial score (nSPS) is 12.6. The van der Waals surface area contributed by atoms with Gasteiger partial charge in [-0.05, 0) is 23.1 Å². The second-order valence-corrected chi connectivity index (χ2v) is 6.60. The predicted molar refractivity (Wildman–Crippen MR) is 87.6 cm³/mol. The Kier molecular flexibility index (Phi) is 7.33. The molecule has 0 radical (unpaired) electrons. The summed E-state index contributed by atoms with van der Waals surface area (Å²) < 4.78 is 0. The average molecular weight is 340 g/mol. The van der Waals surface area contributed by atoms with Gasteiger partial charge in [0.1, 0.15) is 0 Å². The van der Waals surface area contributed by atoms with Crippen molar-refractivity contribution in [2.75, 3.05) is 7.05 Å². The van der Waals surface area contributed by atoms with E-state index in [1.807, 2.05) is 26.8 Å². The fourth-order valence-electron chi connectivity index (χ4n) is 1.60. The van der Waals surface area contributed by atoms with E-state index in [-0.39, 0.29) is 23.7 Å². The molecule has 1 amide bonds. The molecule has 1 atom stereocenters. The summed E-state index contributed by atoms with van der Waals surface area (Å²) in [5, 5.41) is 0.992. The lowest BCUT2D eigenvalue weighted by Gasteiger charge is -2.30. The molecule has 3 nitrogen and oxygen atoms in total. The molecule has 1 rings (SSSR count). The highest BCUT2D eigenvalue weighted by molar-refractivity contribution is 6.42. The van der Waals surface area contributed by atoms with E-state index < -0.39 is 6.04 Å². The molecule has 0 saturated carbocycles. The summed E-state index contributed by atoms with van der Waals surface area (Å²) in [6.07, 6.45) is 0. The third-order valence-corrected chi connectivity index (χ3v) is 3.72. The van der Waals surface area contributed by atoms with Crippen molar-refractivity contribution in [3.8, 4) is 0 Å². The number of amides is 1. The van der Waals surface area contributed by atoms with Crippen LogP contribution >= 0.6 is 35.6 Å². The van der Waals surface area contributed by atoms with Gasteiger partial charge < -0.3 is 10.6 Å². The van der Waals surface area contributed by atoms with Crippen LogP contribution in [0.3, 0.4) is 0 Å². The van der Waals surface area contributed by atoms with Crippen LogP contribution in [-0.2, 0) is 11.3 Å². The van der Waals surface area contributed by atoms with Crippen LogP contribution in [0.5, 0.6) is 0 Å². The van der Waals surface area contributed by atoms with Crippen molar-refractivity contribution in [3.63, 3.8) is 0 Å². The topological polar surface area (TPSA) is 46.3 Å². The lowest BCUT2D eigenvalue weighted by molar-refractivity contribution is -0.134. The maximum absolute atomic E-state index is 12.2. The van der Waals surface area contributed by atoms with Gasteiger partial charge in [-0.2, -0.15) is 0 Å². The molecule has 0 aliphatic rings. The molecule has 0 aliphatic carbocycles. The minimum atomic E-state index is -0.528. The Morgan fingerprint density at radius 2 is 1.85 bits per heavy atom. The SMILES string of the molecule is CN(Cc1ccc(Cl)c(Cl)c1)C(=O)[C@@H](N)C(C)(C)C.Cl. The zero-order chi connectivity index (χ0) is 14.8. The Balaban J connectivity index is 0.00000361. The maximum Gasteiger partial charge on any atom is 0.240 e. The Hall–Kier alpha value is -0.480. The molecule has 6 heteroatoms. The summed E-state index contributed by atoms with van der Waals surface area (Å²) in [5.41, 5.74) is 6.63. The van der Waals surface area contributed by atoms with E-state index in [4.69, 9.17) is 28.9 Å². The highest BCUT2D eigenvalue weighted by Crippen LogP contribution is 2.24. The number of nitrogens with two attached hydrogens (primary N) is 1. The second kappa shape index (κ2) is 7.51. The quantitative estimate of drug-likeness (QED) is 0.911. The summed E-state index contributed by atoms with van der Waals surface area (Å²) >= 11 is 11.8. The van der Waals surface area contributed by atoms with Crippen LogP contribution in [0.4, 0.5) is 0 Å². The molecule has 0 heterocycles. The molecule has 1 aromatic rings. The van der Waals surface area contributed by atoms with Gasteiger partial charge in [-0.25, -0.2) is 0 Å². The summed E-state index contributed by atoms with van der Waals surface area (Å²) in [6.45, 7) is 6.30. The number of likely N-dealkylation sites (N-methyl/N-ethyl adjacent to an activating group) is 1. The number of hydrogen-bond donors (Lipinski definition) is 1. The monoisotopic (exact) mass is 338 g/mol. The van der Waals surface area contributed by atoms with Crippen molar-refractivity contribution in [3.05, 3.63) is 33.8 Å². The highest BCUT2D eigenvalue weighted by Gasteiger charge is 2.29. The summed E-state index contributed by atoms with van der Waals surface area (Å²) in [5.74, 6) is -0.0847. The zero-order valence-electron chi connectivity index (χ0n) is 12.1. The van der Waals surface area contributed by atoms with Crippen molar-refractivity contribution >= 4 is 41.5 Å². The van der Waals surface area contributed by atoms with Crippen LogP contribution in [-0.4, -0.2) is 23.9 Å². The van der Waals surface area contributed by atoms with Crippen LogP contribution in [0.25, 0.3) is 0 Å². The van der Waals surface area contributed by atoms with Gasteiger partial charge in [-0.15, -0.1) is 12.4 Å². The Morgan fingerprint density at radius 1 is 1.30 bits per heavy atom. The second-order valence-electron chi connectivity index (χ2n) is 5.79. The molecular formula is C14H21Cl3N2O. The first-order valence-corrected chi connectivity index (χ1v) is 6.83. The van der Waals surface area contributed by atoms with Gasteiger partial charge in [0.2, 0.25) is 5.91 Å². The Bertz CT molecular complexity index is 472. The Morgan fingerprint density at radius 3 is 2.30 bits per heavy atom. The van der Waals surface area contributed by atoms with E-state index in [1.165, 1.54) is 0 Å². The molecular weight excluding hydrogens is 319 g/mol. The first-order chi connectivity index (χ1) is 8.62. The fourth-order valence-corrected chi connectivity index (χ4v) is 1.92. The molecule has 2 N–H and O–H groups in total. The van der Waals surface area contributed by atoms with Crippen LogP contribution in [0.15, 0.2) is 18.2 Å². The van der Waals surface area contributed by atoms with E-state index in [0.29, 0.717) is 16.6 Å². The molecule has 0 bridgehead atoms. The van der Waals surface area contributed by atoms with Gasteiger partial charge in [0.05, 0.1) is 16.1 Å². The van der Waals surface area contributed by atoms with E-state index >= 15 is 0 Å². The molecule has 0 aliphatic heterocycles. The predicted octanol–water partition coefficient (Wildman–Crippen LogP) is 3.75. The molecule has 1 aromatic carbocycles. The van der Waals surface area contributed by atoms with E-state index in [2.05, 4.69) is 0 Å². The molecule has 0 spiro atoms. The first-order valence-electron chi connectivity index (χ1n) is 6.07. The van der Waals surface area contributed by atoms with Crippen LogP contribution in [0, 0.1) is 5.41 Å². The summed E-state index contributed by atoms with van der Waals surface area (Å²) in [4.78, 5) is 13.8. The van der Waals surface area contributed by atoms with Gasteiger partial charge in [0, 0.05) is 13.6 Å². The number of carbonyl (C=O) groups is 1. The maximum atomic E-state index is 12.2. The molecule has 114 valence electrons. The van der Waals surface area contributed by atoms with Crippen molar-refractivity contribution in [1.82, 2.24) is 4.90 Å². The van der Waals surface area contributed by atoms with Crippen LogP contribution in [0.1, 0.15) is 26.3 Å². The number of nitrogens with zero attached hydrogens (tertiary/aromatic N) is 1. The molecule has 0 saturated heterocycles. The standard InChI is InChI=1S/C14H20Cl2N2O.ClH/c1-14(2,3)12(17)13(19)18(4)8-9-5-6-10(15)11(16)7-9;/h5-7,12H,8,17H2,1-4H3;1H/t12-;/m1./s1. The molecule has 0 fully saturated rings. The molecule has 20 heavy (non-hydrogen) atoms. The van der Waals surface area contributed by atoms with Crippen LogP contribution in [0.2, 0.25) is 10.0 Å². The number of rotatable bonds is 3. The largest absolute Gasteiger partial charge is 0.340 e. The lowest BCUT2D eigenvalue weighted by atomic mass is 9.86. The molecule has 0 unspecified atom stereocenters. The average Bonchev–Trinajstić information content (AvgIpc) is 2.30. The first kappa shape index (κ1) is 19.5. The fraction of sp³-hybridized carbons (Fsp3) is 0.500. The van der Waals surface area contributed by atoms with Gasteiger partial charge >= 0.3 is 0 Å². The number of halogens is 3. The van der Waals surface area contributed by atoms with E-state index in [0.717, 1.165) is 5.56 Å². The highest BCUT2D eigenvalue weighted by atomic mass is 35.5. The minimum Gasteiger partial charge on any atom is -0.340 e. The van der Waals surface area contributed by atoms with Crippen LogP contribution < -0.4 is 5.73 Å². The third-order valence-electron chi connectivity index (χ3n) is 2.98. The minimum absolute atomic E-state index is 0. The van der Waals surface area contributed by atoms with E-state index in [1.54, 1.807) is 24.1 Å². The van der Waals surface area contributed by atoms with Gasteiger partial charge in [0.15, 0.2) is 0 Å². The third kappa shape index (κ3) is 5.13. The van der Waals surface area contributed by atoms with Gasteiger partial charge in [0.25, 0.3) is 0 Å². The summed E-state index contributed by atoms with van der Waals surface area (Å²) in [7, 11) is 1.73. The van der Waals surface area contributed by atoms with E-state index in [9.17, 15) is 4.79 Å². The number of benzene rings is 1. The van der Waals surface area contributed by atoms with Crippen molar-refractivity contribution < 1.29 is 4.79 Å². The lowest BCUT2D eigenvalue weighted by Crippen LogP contribution is -2.48. The zero-order valence-corrected chi connectivity index (χ0v) is 14.4. The molecule has 0 aromatic heterocycles. The van der Waals surface area contributed by atoms with Crippen molar-refractivity contribution in [2.45, 2.75) is 33.4 Å². The summed E-state index contributed by atoms with van der Waals surface area (Å²) in [6, 6.07) is 4.80. The van der Waals surface area contributed by atoms with Crippen molar-refractivity contribution in [2.24, 2.45) is 11.1 Å². The number of hydrogen-bond acceptors (Lipinski definition) is 2. The Labute approximate surface area is 136 Å². The van der Waals surface area contributed by atoms with Crippen molar-refractivity contribution in [1.29, 1.82) is 0 Å². The van der Waals surface area contributed by atoms with Gasteiger partial charge in [-0.1, -0.05) is 50.0 Å².